The lowest BCUT2D eigenvalue weighted by Gasteiger charge is -2.26. The Morgan fingerprint density at radius 3 is 2.91 bits per heavy atom. The average Bonchev–Trinajstić information content (AvgIpc) is 2.90. The van der Waals surface area contributed by atoms with Gasteiger partial charge in [0, 0.05) is 19.6 Å². The van der Waals surface area contributed by atoms with E-state index >= 15 is 0 Å². The molecule has 1 aliphatic heterocycles. The Hall–Kier alpha value is -1.29. The second kappa shape index (κ2) is 6.45. The van der Waals surface area contributed by atoms with Crippen molar-refractivity contribution in [3.8, 4) is 0 Å². The van der Waals surface area contributed by atoms with Gasteiger partial charge in [-0.3, -0.25) is 0 Å². The minimum Gasteiger partial charge on any atom is -0.379 e. The molecule has 0 bridgehead atoms. The lowest BCUT2D eigenvalue weighted by molar-refractivity contribution is 0.0731. The van der Waals surface area contributed by atoms with Gasteiger partial charge in [-0.1, -0.05) is 0 Å². The molecule has 0 radical (unpaired) electrons. The highest BCUT2D eigenvalue weighted by Gasteiger charge is 2.23. The second-order valence-electron chi connectivity index (χ2n) is 5.08. The molecule has 0 unspecified atom stereocenters. The van der Waals surface area contributed by atoms with E-state index in [1.807, 2.05) is 12.3 Å². The molecule has 7 nitrogen and oxygen atoms in total. The maximum Gasteiger partial charge on any atom is 0.215 e. The van der Waals surface area contributed by atoms with Gasteiger partial charge >= 0.3 is 0 Å². The zero-order valence-corrected chi connectivity index (χ0v) is 13.9. The Labute approximate surface area is 133 Å². The molecule has 2 aromatic heterocycles. The smallest absolute Gasteiger partial charge is 0.215 e. The molecule has 0 aliphatic carbocycles. The number of aromatic nitrogens is 2. The highest BCUT2D eigenvalue weighted by atomic mass is 32.2. The van der Waals surface area contributed by atoms with Crippen molar-refractivity contribution >= 4 is 37.4 Å². The maximum absolute atomic E-state index is 12.3. The standard InChI is InChI=1S/C13H18N4O3S2/c1-10-8-21-13-11(10)12(15-9-16-13)14-2-7-22(18,19)17-3-5-20-6-4-17/h8-9H,2-7H2,1H3,(H,14,15,16). The highest BCUT2D eigenvalue weighted by molar-refractivity contribution is 7.89. The van der Waals surface area contributed by atoms with Gasteiger partial charge in [-0.05, 0) is 17.9 Å². The molecule has 0 atom stereocenters. The summed E-state index contributed by atoms with van der Waals surface area (Å²) in [5, 5.41) is 6.12. The Morgan fingerprint density at radius 2 is 2.14 bits per heavy atom. The van der Waals surface area contributed by atoms with Crippen LogP contribution in [0.1, 0.15) is 5.56 Å². The van der Waals surface area contributed by atoms with E-state index in [9.17, 15) is 8.42 Å². The number of rotatable bonds is 5. The molecule has 2 aromatic rings. The number of fused-ring (bicyclic) bond motifs is 1. The predicted octanol–water partition coefficient (Wildman–Crippen LogP) is 1.07. The van der Waals surface area contributed by atoms with E-state index in [1.54, 1.807) is 11.3 Å². The van der Waals surface area contributed by atoms with Crippen LogP contribution in [0.5, 0.6) is 0 Å². The number of nitrogens with zero attached hydrogens (tertiary/aromatic N) is 3. The number of hydrogen-bond acceptors (Lipinski definition) is 7. The van der Waals surface area contributed by atoms with Crippen molar-refractivity contribution in [2.75, 3.05) is 43.9 Å². The van der Waals surface area contributed by atoms with E-state index in [0.29, 0.717) is 38.7 Å². The number of aryl methyl sites for hydroxylation is 1. The molecule has 1 N–H and O–H groups in total. The van der Waals surface area contributed by atoms with Gasteiger partial charge in [0.1, 0.15) is 17.0 Å². The van der Waals surface area contributed by atoms with Gasteiger partial charge in [0.15, 0.2) is 0 Å². The molecule has 1 saturated heterocycles. The maximum atomic E-state index is 12.3. The van der Waals surface area contributed by atoms with E-state index in [-0.39, 0.29) is 5.75 Å². The molecule has 0 amide bonds. The normalized spacial score (nSPS) is 17.0. The Balaban J connectivity index is 1.66. The third-order valence-electron chi connectivity index (χ3n) is 3.57. The molecule has 0 spiro atoms. The molecule has 3 heterocycles. The minimum absolute atomic E-state index is 0.0433. The van der Waals surface area contributed by atoms with Gasteiger partial charge in [0.25, 0.3) is 0 Å². The van der Waals surface area contributed by atoms with Gasteiger partial charge in [0.05, 0.1) is 24.4 Å². The number of anilines is 1. The molecule has 0 aromatic carbocycles. The number of sulfonamides is 1. The summed E-state index contributed by atoms with van der Waals surface area (Å²) in [5.41, 5.74) is 1.10. The summed E-state index contributed by atoms with van der Waals surface area (Å²) in [5.74, 6) is 0.739. The van der Waals surface area contributed by atoms with Crippen molar-refractivity contribution in [2.24, 2.45) is 0 Å². The largest absolute Gasteiger partial charge is 0.379 e. The zero-order valence-electron chi connectivity index (χ0n) is 12.3. The quantitative estimate of drug-likeness (QED) is 0.875. The van der Waals surface area contributed by atoms with Crippen LogP contribution in [0.15, 0.2) is 11.7 Å². The van der Waals surface area contributed by atoms with Crippen LogP contribution in [0.25, 0.3) is 10.2 Å². The second-order valence-corrected chi connectivity index (χ2v) is 8.02. The Bertz CT molecular complexity index is 754. The number of hydrogen-bond donors (Lipinski definition) is 1. The summed E-state index contributed by atoms with van der Waals surface area (Å²) in [4.78, 5) is 9.36. The Morgan fingerprint density at radius 1 is 1.36 bits per heavy atom. The number of thiophene rings is 1. The van der Waals surface area contributed by atoms with Crippen LogP contribution < -0.4 is 5.32 Å². The zero-order chi connectivity index (χ0) is 15.6. The van der Waals surface area contributed by atoms with Gasteiger partial charge < -0.3 is 10.1 Å². The fourth-order valence-corrected chi connectivity index (χ4v) is 4.62. The summed E-state index contributed by atoms with van der Waals surface area (Å²) >= 11 is 1.56. The van der Waals surface area contributed by atoms with Crippen LogP contribution in [0.3, 0.4) is 0 Å². The molecule has 120 valence electrons. The van der Waals surface area contributed by atoms with Gasteiger partial charge in [-0.2, -0.15) is 4.31 Å². The van der Waals surface area contributed by atoms with Crippen LogP contribution in [-0.4, -0.2) is 61.3 Å². The SMILES string of the molecule is Cc1csc2ncnc(NCCS(=O)(=O)N3CCOCC3)c12. The highest BCUT2D eigenvalue weighted by Crippen LogP contribution is 2.28. The van der Waals surface area contributed by atoms with E-state index in [0.717, 1.165) is 15.8 Å². The molecule has 1 aliphatic rings. The molecule has 0 saturated carbocycles. The number of ether oxygens (including phenoxy) is 1. The summed E-state index contributed by atoms with van der Waals surface area (Å²) in [7, 11) is -3.25. The van der Waals surface area contributed by atoms with Crippen molar-refractivity contribution in [3.63, 3.8) is 0 Å². The van der Waals surface area contributed by atoms with E-state index in [2.05, 4.69) is 15.3 Å². The van der Waals surface area contributed by atoms with Crippen LogP contribution in [-0.2, 0) is 14.8 Å². The number of nitrogens with one attached hydrogen (secondary N) is 1. The molecule has 3 rings (SSSR count). The fourth-order valence-electron chi connectivity index (χ4n) is 2.40. The number of morpholine rings is 1. The van der Waals surface area contributed by atoms with E-state index in [1.165, 1.54) is 10.6 Å². The lowest BCUT2D eigenvalue weighted by Crippen LogP contribution is -2.42. The first kappa shape index (κ1) is 15.6. The minimum atomic E-state index is -3.25. The van der Waals surface area contributed by atoms with Gasteiger partial charge in [-0.25, -0.2) is 18.4 Å². The van der Waals surface area contributed by atoms with E-state index < -0.39 is 10.0 Å². The first-order valence-corrected chi connectivity index (χ1v) is 9.55. The van der Waals surface area contributed by atoms with Crippen LogP contribution in [0.4, 0.5) is 5.82 Å². The van der Waals surface area contributed by atoms with Crippen LogP contribution in [0.2, 0.25) is 0 Å². The van der Waals surface area contributed by atoms with Gasteiger partial charge in [-0.15, -0.1) is 11.3 Å². The molecule has 1 fully saturated rings. The van der Waals surface area contributed by atoms with Gasteiger partial charge in [0.2, 0.25) is 10.0 Å². The summed E-state index contributed by atoms with van der Waals surface area (Å²) in [6, 6.07) is 0. The first-order valence-electron chi connectivity index (χ1n) is 7.06. The molecular weight excluding hydrogens is 324 g/mol. The summed E-state index contributed by atoms with van der Waals surface area (Å²) in [6.45, 7) is 4.12. The monoisotopic (exact) mass is 342 g/mol. The van der Waals surface area contributed by atoms with Crippen molar-refractivity contribution in [1.82, 2.24) is 14.3 Å². The predicted molar refractivity (Wildman–Crippen MR) is 86.8 cm³/mol. The van der Waals surface area contributed by atoms with Crippen molar-refractivity contribution in [1.29, 1.82) is 0 Å². The lowest BCUT2D eigenvalue weighted by atomic mass is 10.2. The van der Waals surface area contributed by atoms with Crippen molar-refractivity contribution in [2.45, 2.75) is 6.92 Å². The summed E-state index contributed by atoms with van der Waals surface area (Å²) < 4.78 is 31.2. The fraction of sp³-hybridized carbons (Fsp3) is 0.538. The van der Waals surface area contributed by atoms with E-state index in [4.69, 9.17) is 4.74 Å². The van der Waals surface area contributed by atoms with Crippen LogP contribution in [0, 0.1) is 6.92 Å². The molecular formula is C13H18N4O3S2. The van der Waals surface area contributed by atoms with Crippen LogP contribution >= 0.6 is 11.3 Å². The van der Waals surface area contributed by atoms with Crippen molar-refractivity contribution in [3.05, 3.63) is 17.3 Å². The first-order chi connectivity index (χ1) is 10.6. The molecule has 9 heteroatoms. The third-order valence-corrected chi connectivity index (χ3v) is 6.45. The third kappa shape index (κ3) is 3.22. The van der Waals surface area contributed by atoms with Crippen molar-refractivity contribution < 1.29 is 13.2 Å². The molecule has 22 heavy (non-hydrogen) atoms. The Kier molecular flexibility index (Phi) is 4.57. The average molecular weight is 342 g/mol. The topological polar surface area (TPSA) is 84.4 Å². The summed E-state index contributed by atoms with van der Waals surface area (Å²) in [6.07, 6.45) is 1.50.